The predicted octanol–water partition coefficient (Wildman–Crippen LogP) is 1.24. The summed E-state index contributed by atoms with van der Waals surface area (Å²) in [5.74, 6) is 0.257. The molecular weight excluding hydrogens is 214 g/mol. The van der Waals surface area contributed by atoms with E-state index >= 15 is 0 Å². The number of rotatable bonds is 2. The second kappa shape index (κ2) is 4.23. The van der Waals surface area contributed by atoms with E-state index in [4.69, 9.17) is 11.6 Å². The monoisotopic (exact) mass is 221 g/mol. The Morgan fingerprint density at radius 2 is 2.00 bits per heavy atom. The van der Waals surface area contributed by atoms with Crippen molar-refractivity contribution in [2.75, 3.05) is 6.54 Å². The topological polar surface area (TPSA) is 53.8 Å². The van der Waals surface area contributed by atoms with E-state index in [1.54, 1.807) is 12.1 Å². The van der Waals surface area contributed by atoms with E-state index in [1.807, 2.05) is 12.1 Å². The summed E-state index contributed by atoms with van der Waals surface area (Å²) in [5.41, 5.74) is 1.73. The molecule has 0 radical (unpaired) electrons. The molecule has 4 nitrogen and oxygen atoms in total. The largest absolute Gasteiger partial charge is 0.360 e. The van der Waals surface area contributed by atoms with Gasteiger partial charge in [-0.1, -0.05) is 23.7 Å². The van der Waals surface area contributed by atoms with Crippen LogP contribution in [0.5, 0.6) is 0 Å². The third-order valence-electron chi connectivity index (χ3n) is 2.00. The fourth-order valence-corrected chi connectivity index (χ4v) is 1.35. The molecule has 1 aliphatic heterocycles. The molecule has 1 aromatic rings. The summed E-state index contributed by atoms with van der Waals surface area (Å²) in [6, 6.07) is 7.31. The van der Waals surface area contributed by atoms with Crippen molar-refractivity contribution in [3.05, 3.63) is 34.9 Å². The van der Waals surface area contributed by atoms with Gasteiger partial charge >= 0.3 is 0 Å². The van der Waals surface area contributed by atoms with Crippen molar-refractivity contribution in [1.29, 1.82) is 0 Å². The highest BCUT2D eigenvalue weighted by molar-refractivity contribution is 6.31. The number of amidine groups is 1. The van der Waals surface area contributed by atoms with E-state index in [2.05, 4.69) is 15.5 Å². The zero-order valence-electron chi connectivity index (χ0n) is 7.77. The van der Waals surface area contributed by atoms with Crippen LogP contribution in [0.15, 0.2) is 34.5 Å². The quantitative estimate of drug-likeness (QED) is 0.764. The SMILES string of the molecule is O=CC1=NN=C(c2ccc(Cl)cc2)CN1. The lowest BCUT2D eigenvalue weighted by molar-refractivity contribution is -0.102. The first-order valence-electron chi connectivity index (χ1n) is 4.39. The lowest BCUT2D eigenvalue weighted by atomic mass is 10.1. The first-order valence-corrected chi connectivity index (χ1v) is 4.77. The van der Waals surface area contributed by atoms with E-state index in [9.17, 15) is 4.79 Å². The van der Waals surface area contributed by atoms with E-state index in [0.717, 1.165) is 11.3 Å². The van der Waals surface area contributed by atoms with Crippen molar-refractivity contribution in [2.24, 2.45) is 10.2 Å². The maximum atomic E-state index is 10.4. The second-order valence-electron chi connectivity index (χ2n) is 3.01. The lowest BCUT2D eigenvalue weighted by Gasteiger charge is -2.11. The zero-order valence-corrected chi connectivity index (χ0v) is 8.53. The minimum absolute atomic E-state index is 0.257. The average Bonchev–Trinajstić information content (AvgIpc) is 2.30. The second-order valence-corrected chi connectivity index (χ2v) is 3.45. The Morgan fingerprint density at radius 3 is 2.53 bits per heavy atom. The van der Waals surface area contributed by atoms with Gasteiger partial charge < -0.3 is 5.32 Å². The number of nitrogens with one attached hydrogen (secondary N) is 1. The van der Waals surface area contributed by atoms with Crippen LogP contribution in [0.25, 0.3) is 0 Å². The number of halogens is 1. The zero-order chi connectivity index (χ0) is 10.7. The summed E-state index contributed by atoms with van der Waals surface area (Å²) in [6.45, 7) is 0.499. The summed E-state index contributed by atoms with van der Waals surface area (Å²) in [5, 5.41) is 11.2. The standard InChI is InChI=1S/C10H8ClN3O/c11-8-3-1-7(2-4-8)9-5-12-10(6-15)14-13-9/h1-4,6H,5H2,(H,12,14). The molecule has 0 atom stereocenters. The minimum atomic E-state index is 0.257. The van der Waals surface area contributed by atoms with Crippen LogP contribution in [0.4, 0.5) is 0 Å². The van der Waals surface area contributed by atoms with Crippen LogP contribution in [0.1, 0.15) is 5.56 Å². The number of carbonyl (C=O) groups excluding carboxylic acids is 1. The number of aldehydes is 1. The van der Waals surface area contributed by atoms with E-state index in [-0.39, 0.29) is 5.84 Å². The van der Waals surface area contributed by atoms with Gasteiger partial charge in [-0.2, -0.15) is 5.10 Å². The summed E-state index contributed by atoms with van der Waals surface area (Å²) in [7, 11) is 0. The summed E-state index contributed by atoms with van der Waals surface area (Å²) in [6.07, 6.45) is 0.641. The van der Waals surface area contributed by atoms with Crippen LogP contribution in [0.3, 0.4) is 0 Å². The Kier molecular flexibility index (Phi) is 2.78. The molecule has 0 saturated heterocycles. The number of hydrogen-bond acceptors (Lipinski definition) is 4. The van der Waals surface area contributed by atoms with Gasteiger partial charge in [-0.3, -0.25) is 4.79 Å². The Labute approximate surface area is 91.7 Å². The summed E-state index contributed by atoms with van der Waals surface area (Å²) < 4.78 is 0. The highest BCUT2D eigenvalue weighted by Crippen LogP contribution is 2.11. The molecule has 5 heteroatoms. The van der Waals surface area contributed by atoms with Gasteiger partial charge in [-0.15, -0.1) is 5.10 Å². The van der Waals surface area contributed by atoms with Gasteiger partial charge in [-0.05, 0) is 17.7 Å². The molecule has 0 saturated carbocycles. The minimum Gasteiger partial charge on any atom is -0.360 e. The number of hydrogen-bond donors (Lipinski definition) is 1. The first kappa shape index (κ1) is 9.86. The number of carbonyl (C=O) groups is 1. The van der Waals surface area contributed by atoms with Crippen molar-refractivity contribution in [3.8, 4) is 0 Å². The molecule has 1 aliphatic rings. The molecule has 1 N–H and O–H groups in total. The van der Waals surface area contributed by atoms with Crippen molar-refractivity contribution in [3.63, 3.8) is 0 Å². The van der Waals surface area contributed by atoms with Crippen LogP contribution in [-0.2, 0) is 4.79 Å². The third-order valence-corrected chi connectivity index (χ3v) is 2.26. The van der Waals surface area contributed by atoms with Gasteiger partial charge in [0.2, 0.25) is 0 Å². The molecule has 0 bridgehead atoms. The van der Waals surface area contributed by atoms with Crippen molar-refractivity contribution < 1.29 is 4.79 Å². The maximum Gasteiger partial charge on any atom is 0.189 e. The van der Waals surface area contributed by atoms with Crippen LogP contribution in [-0.4, -0.2) is 24.4 Å². The van der Waals surface area contributed by atoms with Crippen molar-refractivity contribution >= 4 is 29.4 Å². The molecular formula is C10H8ClN3O. The molecule has 0 spiro atoms. The number of benzene rings is 1. The molecule has 1 heterocycles. The number of nitrogens with zero attached hydrogens (tertiary/aromatic N) is 2. The normalized spacial score (nSPS) is 15.0. The molecule has 0 amide bonds. The van der Waals surface area contributed by atoms with Crippen LogP contribution in [0.2, 0.25) is 5.02 Å². The maximum absolute atomic E-state index is 10.4. The van der Waals surface area contributed by atoms with E-state index < -0.39 is 0 Å². The fraction of sp³-hybridized carbons (Fsp3) is 0.100. The summed E-state index contributed by atoms with van der Waals surface area (Å²) >= 11 is 5.77. The van der Waals surface area contributed by atoms with Gasteiger partial charge in [-0.25, -0.2) is 0 Å². The van der Waals surface area contributed by atoms with Gasteiger partial charge in [0.1, 0.15) is 0 Å². The smallest absolute Gasteiger partial charge is 0.189 e. The van der Waals surface area contributed by atoms with E-state index in [0.29, 0.717) is 17.9 Å². The lowest BCUT2D eigenvalue weighted by Crippen LogP contribution is -2.33. The van der Waals surface area contributed by atoms with Gasteiger partial charge in [0.15, 0.2) is 12.1 Å². The van der Waals surface area contributed by atoms with Crippen molar-refractivity contribution in [1.82, 2.24) is 5.32 Å². The summed E-state index contributed by atoms with van der Waals surface area (Å²) in [4.78, 5) is 10.4. The van der Waals surface area contributed by atoms with Crippen molar-refractivity contribution in [2.45, 2.75) is 0 Å². The van der Waals surface area contributed by atoms with Crippen LogP contribution >= 0.6 is 11.6 Å². The molecule has 0 aromatic heterocycles. The highest BCUT2D eigenvalue weighted by atomic mass is 35.5. The Balaban J connectivity index is 2.26. The fourth-order valence-electron chi connectivity index (χ4n) is 1.23. The Bertz CT molecular complexity index is 436. The average molecular weight is 222 g/mol. The highest BCUT2D eigenvalue weighted by Gasteiger charge is 2.09. The van der Waals surface area contributed by atoms with E-state index in [1.165, 1.54) is 0 Å². The molecule has 0 unspecified atom stereocenters. The Hall–Kier alpha value is -1.68. The molecule has 0 aliphatic carbocycles. The molecule has 1 aromatic carbocycles. The predicted molar refractivity (Wildman–Crippen MR) is 59.5 cm³/mol. The Morgan fingerprint density at radius 1 is 1.27 bits per heavy atom. The van der Waals surface area contributed by atoms with Gasteiger partial charge in [0, 0.05) is 5.02 Å². The first-order chi connectivity index (χ1) is 7.29. The third kappa shape index (κ3) is 2.22. The van der Waals surface area contributed by atoms with Gasteiger partial charge in [0.05, 0.1) is 12.3 Å². The van der Waals surface area contributed by atoms with Crippen LogP contribution in [0, 0.1) is 0 Å². The molecule has 2 rings (SSSR count). The molecule has 15 heavy (non-hydrogen) atoms. The molecule has 76 valence electrons. The molecule has 0 fully saturated rings. The van der Waals surface area contributed by atoms with Gasteiger partial charge in [0.25, 0.3) is 0 Å². The van der Waals surface area contributed by atoms with Crippen LogP contribution < -0.4 is 5.32 Å².